The molecule has 1 saturated carbocycles. The number of amides is 2. The molecule has 2 unspecified atom stereocenters. The Labute approximate surface area is 192 Å². The van der Waals surface area contributed by atoms with Gasteiger partial charge in [0.15, 0.2) is 6.61 Å². The second-order valence-electron chi connectivity index (χ2n) is 8.61. The van der Waals surface area contributed by atoms with Crippen LogP contribution in [0.5, 0.6) is 0 Å². The van der Waals surface area contributed by atoms with E-state index in [4.69, 9.17) is 14.7 Å². The first kappa shape index (κ1) is 22.8. The van der Waals surface area contributed by atoms with E-state index in [1.807, 2.05) is 24.3 Å². The van der Waals surface area contributed by atoms with Crippen LogP contribution in [0.4, 0.5) is 4.79 Å². The lowest BCUT2D eigenvalue weighted by molar-refractivity contribution is -0.186. The van der Waals surface area contributed by atoms with E-state index in [0.717, 1.165) is 17.9 Å². The van der Waals surface area contributed by atoms with Crippen LogP contribution in [0.3, 0.4) is 0 Å². The molecule has 2 aromatic carbocycles. The Hall–Kier alpha value is -3.39. The zero-order chi connectivity index (χ0) is 23.4. The summed E-state index contributed by atoms with van der Waals surface area (Å²) in [5.41, 5.74) is 4.70. The average molecular weight is 453 g/mol. The number of carbonyl (C=O) groups excluding carboxylic acids is 2. The molecule has 0 spiro atoms. The molecule has 0 radical (unpaired) electrons. The number of carboxylic acids is 1. The number of fused-ring (bicyclic) bond motifs is 3. The van der Waals surface area contributed by atoms with Gasteiger partial charge in [0.2, 0.25) is 5.91 Å². The summed E-state index contributed by atoms with van der Waals surface area (Å²) in [5, 5.41) is 12.5. The molecule has 4 rings (SSSR count). The lowest BCUT2D eigenvalue weighted by atomic mass is 9.98. The summed E-state index contributed by atoms with van der Waals surface area (Å²) in [5.74, 6) is -1.29. The summed E-state index contributed by atoms with van der Waals surface area (Å²) >= 11 is 0. The van der Waals surface area contributed by atoms with Crippen molar-refractivity contribution in [2.24, 2.45) is 5.92 Å². The van der Waals surface area contributed by atoms with E-state index >= 15 is 0 Å². The van der Waals surface area contributed by atoms with Crippen LogP contribution in [0.15, 0.2) is 48.5 Å². The lowest BCUT2D eigenvalue weighted by Gasteiger charge is -2.18. The quantitative estimate of drug-likeness (QED) is 0.594. The molecule has 2 aliphatic carbocycles. The highest BCUT2D eigenvalue weighted by molar-refractivity contribution is 5.79. The monoisotopic (exact) mass is 452 g/mol. The highest BCUT2D eigenvalue weighted by atomic mass is 16.7. The van der Waals surface area contributed by atoms with E-state index in [-0.39, 0.29) is 36.8 Å². The van der Waals surface area contributed by atoms with Crippen molar-refractivity contribution in [2.45, 2.75) is 37.6 Å². The predicted molar refractivity (Wildman–Crippen MR) is 120 cm³/mol. The number of ether oxygens (including phenoxy) is 1. The van der Waals surface area contributed by atoms with Crippen LogP contribution in [0.2, 0.25) is 0 Å². The molecule has 2 aromatic rings. The summed E-state index contributed by atoms with van der Waals surface area (Å²) < 4.78 is 5.61. The van der Waals surface area contributed by atoms with Crippen molar-refractivity contribution in [2.75, 3.05) is 20.3 Å². The van der Waals surface area contributed by atoms with E-state index in [9.17, 15) is 14.4 Å². The van der Waals surface area contributed by atoms with Crippen molar-refractivity contribution in [1.82, 2.24) is 10.4 Å². The van der Waals surface area contributed by atoms with Crippen LogP contribution in [0, 0.1) is 5.92 Å². The Balaban J connectivity index is 1.25. The highest BCUT2D eigenvalue weighted by Crippen LogP contribution is 2.44. The Morgan fingerprint density at radius 2 is 1.67 bits per heavy atom. The Morgan fingerprint density at radius 1 is 1.03 bits per heavy atom. The maximum absolute atomic E-state index is 12.5. The molecule has 0 bridgehead atoms. The van der Waals surface area contributed by atoms with Crippen LogP contribution >= 0.6 is 0 Å². The number of hydroxylamine groups is 2. The minimum Gasteiger partial charge on any atom is -0.479 e. The topological polar surface area (TPSA) is 105 Å². The van der Waals surface area contributed by atoms with Gasteiger partial charge in [0.1, 0.15) is 6.61 Å². The number of aliphatic carboxylic acids is 1. The maximum atomic E-state index is 12.5. The van der Waals surface area contributed by atoms with E-state index < -0.39 is 18.7 Å². The summed E-state index contributed by atoms with van der Waals surface area (Å²) in [6.07, 6.45) is 2.03. The third kappa shape index (κ3) is 5.34. The van der Waals surface area contributed by atoms with Gasteiger partial charge < -0.3 is 15.2 Å². The van der Waals surface area contributed by atoms with Crippen molar-refractivity contribution in [1.29, 1.82) is 0 Å². The summed E-state index contributed by atoms with van der Waals surface area (Å²) in [4.78, 5) is 40.1. The van der Waals surface area contributed by atoms with Gasteiger partial charge in [-0.2, -0.15) is 0 Å². The van der Waals surface area contributed by atoms with E-state index in [1.165, 1.54) is 29.3 Å². The van der Waals surface area contributed by atoms with Crippen LogP contribution in [-0.2, 0) is 19.2 Å². The molecule has 8 nitrogen and oxygen atoms in total. The Morgan fingerprint density at radius 3 is 2.30 bits per heavy atom. The molecule has 174 valence electrons. The standard InChI is InChI=1S/C25H28N2O6/c1-27(33-15-24(29)30)23(28)13-16-10-11-17(12-16)26-25(31)32-14-22-20-8-4-2-6-18(20)19-7-3-5-9-21(19)22/h2-9,16-17,22H,10-15H2,1H3,(H,26,31)(H,29,30). The molecule has 33 heavy (non-hydrogen) atoms. The Bertz CT molecular complexity index is 994. The number of nitrogens with zero attached hydrogens (tertiary/aromatic N) is 1. The van der Waals surface area contributed by atoms with Crippen molar-refractivity contribution in [3.8, 4) is 11.1 Å². The minimum absolute atomic E-state index is 0.0124. The first-order valence-electron chi connectivity index (χ1n) is 11.1. The average Bonchev–Trinajstić information content (AvgIpc) is 3.37. The molecule has 2 amide bonds. The Kier molecular flexibility index (Phi) is 6.93. The number of benzene rings is 2. The molecule has 1 fully saturated rings. The maximum Gasteiger partial charge on any atom is 0.407 e. The largest absolute Gasteiger partial charge is 0.479 e. The number of hydrogen-bond acceptors (Lipinski definition) is 5. The zero-order valence-electron chi connectivity index (χ0n) is 18.5. The van der Waals surface area contributed by atoms with Crippen molar-refractivity contribution >= 4 is 18.0 Å². The number of nitrogens with one attached hydrogen (secondary N) is 1. The normalized spacial score (nSPS) is 18.9. The third-order valence-electron chi connectivity index (χ3n) is 6.40. The van der Waals surface area contributed by atoms with Gasteiger partial charge in [-0.1, -0.05) is 48.5 Å². The SMILES string of the molecule is CN(OCC(=O)O)C(=O)CC1CCC(NC(=O)OCC2c3ccccc3-c3ccccc32)C1. The van der Waals surface area contributed by atoms with Gasteiger partial charge in [0.25, 0.3) is 0 Å². The second-order valence-corrected chi connectivity index (χ2v) is 8.61. The molecule has 2 atom stereocenters. The van der Waals surface area contributed by atoms with Gasteiger partial charge in [-0.15, -0.1) is 0 Å². The van der Waals surface area contributed by atoms with Gasteiger partial charge in [-0.05, 0) is 47.4 Å². The van der Waals surface area contributed by atoms with E-state index in [2.05, 4.69) is 29.6 Å². The van der Waals surface area contributed by atoms with Crippen LogP contribution in [0.25, 0.3) is 11.1 Å². The fourth-order valence-corrected chi connectivity index (χ4v) is 4.80. The minimum atomic E-state index is -1.14. The van der Waals surface area contributed by atoms with Crippen LogP contribution in [0.1, 0.15) is 42.7 Å². The molecule has 2 aliphatic rings. The molecule has 0 aromatic heterocycles. The molecule has 2 N–H and O–H groups in total. The summed E-state index contributed by atoms with van der Waals surface area (Å²) in [6.45, 7) is -0.293. The number of carbonyl (C=O) groups is 3. The van der Waals surface area contributed by atoms with E-state index in [1.54, 1.807) is 0 Å². The summed E-state index contributed by atoms with van der Waals surface area (Å²) in [6, 6.07) is 16.3. The van der Waals surface area contributed by atoms with Gasteiger partial charge in [0, 0.05) is 25.4 Å². The van der Waals surface area contributed by atoms with Gasteiger partial charge >= 0.3 is 12.1 Å². The van der Waals surface area contributed by atoms with Gasteiger partial charge in [-0.25, -0.2) is 14.7 Å². The lowest BCUT2D eigenvalue weighted by Crippen LogP contribution is -2.34. The van der Waals surface area contributed by atoms with Crippen molar-refractivity contribution < 1.29 is 29.1 Å². The number of rotatable bonds is 8. The van der Waals surface area contributed by atoms with Gasteiger partial charge in [-0.3, -0.25) is 9.63 Å². The molecule has 8 heteroatoms. The first-order chi connectivity index (χ1) is 15.9. The fraction of sp³-hybridized carbons (Fsp3) is 0.400. The number of hydrogen-bond donors (Lipinski definition) is 2. The van der Waals surface area contributed by atoms with Crippen LogP contribution < -0.4 is 5.32 Å². The van der Waals surface area contributed by atoms with Crippen LogP contribution in [-0.4, -0.2) is 54.4 Å². The summed E-state index contributed by atoms with van der Waals surface area (Å²) in [7, 11) is 1.41. The highest BCUT2D eigenvalue weighted by Gasteiger charge is 2.31. The van der Waals surface area contributed by atoms with Crippen molar-refractivity contribution in [3.63, 3.8) is 0 Å². The van der Waals surface area contributed by atoms with Gasteiger partial charge in [0.05, 0.1) is 0 Å². The smallest absolute Gasteiger partial charge is 0.407 e. The van der Waals surface area contributed by atoms with E-state index in [0.29, 0.717) is 6.42 Å². The predicted octanol–water partition coefficient (Wildman–Crippen LogP) is 3.56. The molecule has 0 heterocycles. The van der Waals surface area contributed by atoms with Crippen molar-refractivity contribution in [3.05, 3.63) is 59.7 Å². The number of alkyl carbamates (subject to hydrolysis) is 1. The molecule has 0 aliphatic heterocycles. The zero-order valence-corrected chi connectivity index (χ0v) is 18.5. The molecular weight excluding hydrogens is 424 g/mol. The second kappa shape index (κ2) is 10.0. The molecule has 0 saturated heterocycles. The molecular formula is C25H28N2O6. The fourth-order valence-electron chi connectivity index (χ4n) is 4.80. The first-order valence-corrected chi connectivity index (χ1v) is 11.1. The third-order valence-corrected chi connectivity index (χ3v) is 6.40. The number of carboxylic acid groups (broad SMARTS) is 1.